The third-order valence-corrected chi connectivity index (χ3v) is 3.61. The zero-order chi connectivity index (χ0) is 12.9. The van der Waals surface area contributed by atoms with Crippen LogP contribution in [0.15, 0.2) is 18.3 Å². The van der Waals surface area contributed by atoms with E-state index < -0.39 is 17.5 Å². The molecular weight excluding hydrogens is 261 g/mol. The van der Waals surface area contributed by atoms with Crippen LogP contribution in [0, 0.1) is 22.2 Å². The second kappa shape index (κ2) is 3.98. The van der Waals surface area contributed by atoms with Gasteiger partial charge < -0.3 is 9.55 Å². The monoisotopic (exact) mass is 270 g/mol. The fourth-order valence-electron chi connectivity index (χ4n) is 2.42. The summed E-state index contributed by atoms with van der Waals surface area (Å²) in [5.41, 5.74) is 1.000. The maximum Gasteiger partial charge on any atom is 0.177 e. The van der Waals surface area contributed by atoms with Crippen molar-refractivity contribution in [1.82, 2.24) is 9.55 Å². The lowest BCUT2D eigenvalue weighted by Crippen LogP contribution is -2.06. The fourth-order valence-corrected chi connectivity index (χ4v) is 2.67. The van der Waals surface area contributed by atoms with Crippen LogP contribution in [0.1, 0.15) is 17.2 Å². The minimum absolute atomic E-state index is 0.0746. The quantitative estimate of drug-likeness (QED) is 0.623. The van der Waals surface area contributed by atoms with Crippen LogP contribution in [0.3, 0.4) is 0 Å². The van der Waals surface area contributed by atoms with Crippen molar-refractivity contribution in [2.45, 2.75) is 18.9 Å². The number of aromatic amines is 1. The normalized spacial score (nSPS) is 18.1. The summed E-state index contributed by atoms with van der Waals surface area (Å²) in [5.74, 6) is -3.15. The molecule has 1 aliphatic rings. The Morgan fingerprint density at radius 3 is 2.78 bits per heavy atom. The van der Waals surface area contributed by atoms with Crippen molar-refractivity contribution in [2.75, 3.05) is 0 Å². The van der Waals surface area contributed by atoms with Crippen LogP contribution in [0.25, 0.3) is 0 Å². The van der Waals surface area contributed by atoms with E-state index in [9.17, 15) is 13.2 Å². The van der Waals surface area contributed by atoms with Gasteiger partial charge in [0.15, 0.2) is 16.4 Å². The van der Waals surface area contributed by atoms with Gasteiger partial charge in [0.05, 0.1) is 0 Å². The molecule has 1 unspecified atom stereocenters. The summed E-state index contributed by atoms with van der Waals surface area (Å²) in [6.07, 6.45) is 2.27. The lowest BCUT2D eigenvalue weighted by molar-refractivity contribution is 0.470. The van der Waals surface area contributed by atoms with E-state index in [2.05, 4.69) is 4.98 Å². The number of nitrogens with zero attached hydrogens (tertiary/aromatic N) is 1. The van der Waals surface area contributed by atoms with Crippen LogP contribution < -0.4 is 0 Å². The first-order valence-electron chi connectivity index (χ1n) is 5.48. The predicted molar refractivity (Wildman–Crippen MR) is 62.4 cm³/mol. The molecule has 0 aliphatic carbocycles. The van der Waals surface area contributed by atoms with Gasteiger partial charge in [-0.25, -0.2) is 13.2 Å². The Morgan fingerprint density at radius 2 is 2.06 bits per heavy atom. The SMILES string of the molecule is Fc1cc(F)c(F)c(C2Cc3c[nH]c(=S)n3C2)c1. The number of fused-ring (bicyclic) bond motifs is 1. The average Bonchev–Trinajstić information content (AvgIpc) is 2.86. The maximum absolute atomic E-state index is 13.7. The molecule has 1 aliphatic heterocycles. The van der Waals surface area contributed by atoms with Crippen molar-refractivity contribution in [2.24, 2.45) is 0 Å². The molecule has 94 valence electrons. The van der Waals surface area contributed by atoms with Gasteiger partial charge in [0.25, 0.3) is 0 Å². The van der Waals surface area contributed by atoms with Crippen molar-refractivity contribution in [3.05, 3.63) is 51.8 Å². The van der Waals surface area contributed by atoms with Crippen molar-refractivity contribution in [1.29, 1.82) is 0 Å². The molecule has 2 nitrogen and oxygen atoms in total. The van der Waals surface area contributed by atoms with E-state index in [0.717, 1.165) is 11.8 Å². The summed E-state index contributed by atoms with van der Waals surface area (Å²) in [7, 11) is 0. The number of rotatable bonds is 1. The number of nitrogens with one attached hydrogen (secondary N) is 1. The molecule has 1 N–H and O–H groups in total. The van der Waals surface area contributed by atoms with Gasteiger partial charge in [-0.3, -0.25) is 0 Å². The average molecular weight is 270 g/mol. The first-order chi connectivity index (χ1) is 8.56. The molecule has 6 heteroatoms. The first kappa shape index (κ1) is 11.5. The Balaban J connectivity index is 2.02. The second-order valence-corrected chi connectivity index (χ2v) is 4.77. The third kappa shape index (κ3) is 1.68. The summed E-state index contributed by atoms with van der Waals surface area (Å²) in [5, 5.41) is 0. The highest BCUT2D eigenvalue weighted by atomic mass is 32.1. The predicted octanol–water partition coefficient (Wildman–Crippen LogP) is 3.30. The molecule has 1 atom stereocenters. The second-order valence-electron chi connectivity index (χ2n) is 4.39. The van der Waals surface area contributed by atoms with Gasteiger partial charge in [-0.05, 0) is 30.3 Å². The third-order valence-electron chi connectivity index (χ3n) is 3.27. The Morgan fingerprint density at radius 1 is 1.28 bits per heavy atom. The molecule has 18 heavy (non-hydrogen) atoms. The molecule has 0 saturated heterocycles. The summed E-state index contributed by atoms with van der Waals surface area (Å²) in [6, 6.07) is 1.61. The first-order valence-corrected chi connectivity index (χ1v) is 5.88. The van der Waals surface area contributed by atoms with Gasteiger partial charge >= 0.3 is 0 Å². The van der Waals surface area contributed by atoms with E-state index in [-0.39, 0.29) is 11.5 Å². The molecule has 1 aromatic heterocycles. The molecule has 0 saturated carbocycles. The summed E-state index contributed by atoms with van der Waals surface area (Å²) < 4.78 is 42.4. The van der Waals surface area contributed by atoms with Gasteiger partial charge in [0.1, 0.15) is 5.82 Å². The maximum atomic E-state index is 13.7. The van der Waals surface area contributed by atoms with E-state index in [4.69, 9.17) is 12.2 Å². The number of H-pyrrole nitrogens is 1. The molecular formula is C12H9F3N2S. The van der Waals surface area contributed by atoms with E-state index in [1.54, 1.807) is 6.20 Å². The van der Waals surface area contributed by atoms with Crippen LogP contribution in [0.4, 0.5) is 13.2 Å². The van der Waals surface area contributed by atoms with Gasteiger partial charge in [-0.15, -0.1) is 0 Å². The molecule has 2 aromatic rings. The van der Waals surface area contributed by atoms with Gasteiger partial charge in [-0.1, -0.05) is 0 Å². The number of hydrogen-bond donors (Lipinski definition) is 1. The van der Waals surface area contributed by atoms with Crippen LogP contribution in [0.2, 0.25) is 0 Å². The van der Waals surface area contributed by atoms with Crippen molar-refractivity contribution in [3.8, 4) is 0 Å². The smallest absolute Gasteiger partial charge is 0.177 e. The minimum Gasteiger partial charge on any atom is -0.337 e. The standard InChI is InChI=1S/C12H9F3N2S/c13-7-2-9(11(15)10(14)3-7)6-1-8-4-16-12(18)17(8)5-6/h2-4,6H,1,5H2,(H,16,18). The van der Waals surface area contributed by atoms with E-state index in [0.29, 0.717) is 23.8 Å². The number of aromatic nitrogens is 2. The van der Waals surface area contributed by atoms with Gasteiger partial charge in [-0.2, -0.15) is 0 Å². The molecule has 2 heterocycles. The minimum atomic E-state index is -1.15. The molecule has 0 spiro atoms. The largest absolute Gasteiger partial charge is 0.337 e. The van der Waals surface area contributed by atoms with Crippen molar-refractivity contribution >= 4 is 12.2 Å². The topological polar surface area (TPSA) is 20.7 Å². The Labute approximate surface area is 106 Å². The van der Waals surface area contributed by atoms with E-state index in [1.807, 2.05) is 4.57 Å². The summed E-state index contributed by atoms with van der Waals surface area (Å²) in [6.45, 7) is 0.442. The Hall–Kier alpha value is -1.56. The Bertz CT molecular complexity index is 674. The zero-order valence-corrected chi connectivity index (χ0v) is 10.0. The lowest BCUT2D eigenvalue weighted by Gasteiger charge is -2.11. The molecule has 3 rings (SSSR count). The van der Waals surface area contributed by atoms with Crippen molar-refractivity contribution in [3.63, 3.8) is 0 Å². The van der Waals surface area contributed by atoms with E-state index >= 15 is 0 Å². The van der Waals surface area contributed by atoms with Gasteiger partial charge in [0, 0.05) is 30.4 Å². The van der Waals surface area contributed by atoms with Crippen LogP contribution in [0.5, 0.6) is 0 Å². The number of benzene rings is 1. The summed E-state index contributed by atoms with van der Waals surface area (Å²) in [4.78, 5) is 2.88. The molecule has 1 aromatic carbocycles. The van der Waals surface area contributed by atoms with Crippen LogP contribution in [-0.4, -0.2) is 9.55 Å². The number of imidazole rings is 1. The lowest BCUT2D eigenvalue weighted by atomic mass is 9.96. The fraction of sp³-hybridized carbons (Fsp3) is 0.250. The van der Waals surface area contributed by atoms with Crippen LogP contribution in [-0.2, 0) is 13.0 Å². The number of hydrogen-bond acceptors (Lipinski definition) is 1. The van der Waals surface area contributed by atoms with Crippen LogP contribution >= 0.6 is 12.2 Å². The van der Waals surface area contributed by atoms with Gasteiger partial charge in [0.2, 0.25) is 0 Å². The Kier molecular flexibility index (Phi) is 2.55. The van der Waals surface area contributed by atoms with E-state index in [1.165, 1.54) is 0 Å². The van der Waals surface area contributed by atoms with Crippen molar-refractivity contribution < 1.29 is 13.2 Å². The highest BCUT2D eigenvalue weighted by Gasteiger charge is 2.27. The highest BCUT2D eigenvalue weighted by Crippen LogP contribution is 2.32. The molecule has 0 radical (unpaired) electrons. The zero-order valence-electron chi connectivity index (χ0n) is 9.21. The molecule has 0 fully saturated rings. The summed E-state index contributed by atoms with van der Waals surface area (Å²) >= 11 is 5.06. The molecule has 0 amide bonds. The number of halogens is 3. The molecule has 0 bridgehead atoms. The highest BCUT2D eigenvalue weighted by molar-refractivity contribution is 7.71.